The first kappa shape index (κ1) is 12.2. The molecule has 4 heteroatoms. The third-order valence-electron chi connectivity index (χ3n) is 2.99. The molecule has 92 valence electrons. The second kappa shape index (κ2) is 5.92. The fourth-order valence-corrected chi connectivity index (χ4v) is 2.24. The maximum atomic E-state index is 8.47. The lowest BCUT2D eigenvalue weighted by Crippen LogP contribution is -2.10. The van der Waals surface area contributed by atoms with Gasteiger partial charge in [0.25, 0.3) is 0 Å². The monoisotopic (exact) mass is 253 g/mol. The summed E-state index contributed by atoms with van der Waals surface area (Å²) in [6.07, 6.45) is 5.68. The minimum Gasteiger partial charge on any atom is -0.490 e. The predicted octanol–water partition coefficient (Wildman–Crippen LogP) is 3.58. The summed E-state index contributed by atoms with van der Waals surface area (Å²) in [6, 6.07) is 7.76. The van der Waals surface area contributed by atoms with Crippen LogP contribution in [0.2, 0.25) is 0 Å². The number of ether oxygens (including phenoxy) is 1. The Kier molecular flexibility index (Phi) is 4.26. The van der Waals surface area contributed by atoms with Gasteiger partial charge in [-0.15, -0.1) is 0 Å². The van der Waals surface area contributed by atoms with Gasteiger partial charge in [0.15, 0.2) is 0 Å². The van der Waals surface area contributed by atoms with E-state index in [1.165, 1.54) is 12.8 Å². The molecular weight excluding hydrogens is 238 g/mol. The van der Waals surface area contributed by atoms with E-state index in [0.29, 0.717) is 12.5 Å². The van der Waals surface area contributed by atoms with Crippen molar-refractivity contribution in [1.29, 1.82) is 0 Å². The van der Waals surface area contributed by atoms with Crippen molar-refractivity contribution in [2.75, 3.05) is 0 Å². The van der Waals surface area contributed by atoms with Crippen molar-refractivity contribution in [2.45, 2.75) is 38.2 Å². The number of rotatable bonds is 4. The van der Waals surface area contributed by atoms with Crippen molar-refractivity contribution in [3.05, 3.63) is 29.8 Å². The highest BCUT2D eigenvalue weighted by Gasteiger charge is 2.16. The van der Waals surface area contributed by atoms with Gasteiger partial charge < -0.3 is 9.94 Å². The zero-order valence-corrected chi connectivity index (χ0v) is 10.4. The summed E-state index contributed by atoms with van der Waals surface area (Å²) in [6.45, 7) is 0. The van der Waals surface area contributed by atoms with Crippen molar-refractivity contribution < 1.29 is 9.94 Å². The lowest BCUT2D eigenvalue weighted by Gasteiger charge is -2.13. The summed E-state index contributed by atoms with van der Waals surface area (Å²) >= 11 is 5.65. The van der Waals surface area contributed by atoms with E-state index < -0.39 is 0 Å². The van der Waals surface area contributed by atoms with Crippen LogP contribution < -0.4 is 4.74 Å². The summed E-state index contributed by atoms with van der Waals surface area (Å²) in [5, 5.41) is 11.6. The third-order valence-corrected chi connectivity index (χ3v) is 3.20. The lowest BCUT2D eigenvalue weighted by atomic mass is 10.1. The molecule has 0 atom stereocenters. The highest BCUT2D eigenvalue weighted by Crippen LogP contribution is 2.24. The molecule has 0 aromatic heterocycles. The number of benzene rings is 1. The molecule has 0 radical (unpaired) electrons. The van der Waals surface area contributed by atoms with Crippen LogP contribution in [0.15, 0.2) is 29.4 Å². The average molecular weight is 254 g/mol. The van der Waals surface area contributed by atoms with Crippen LogP contribution in [0.4, 0.5) is 0 Å². The van der Waals surface area contributed by atoms with E-state index >= 15 is 0 Å². The van der Waals surface area contributed by atoms with Crippen LogP contribution in [0, 0.1) is 0 Å². The molecule has 1 aromatic rings. The number of hydrogen-bond donors (Lipinski definition) is 1. The van der Waals surface area contributed by atoms with Gasteiger partial charge in [0.2, 0.25) is 0 Å². The topological polar surface area (TPSA) is 41.8 Å². The van der Waals surface area contributed by atoms with Gasteiger partial charge in [0.1, 0.15) is 10.9 Å². The largest absolute Gasteiger partial charge is 0.490 e. The molecule has 1 aromatic carbocycles. The maximum Gasteiger partial charge on any atom is 0.149 e. The summed E-state index contributed by atoms with van der Waals surface area (Å²) < 4.78 is 5.85. The highest BCUT2D eigenvalue weighted by atomic mass is 35.5. The number of halogens is 1. The van der Waals surface area contributed by atoms with Crippen LogP contribution in [-0.2, 0) is 6.42 Å². The molecule has 1 aliphatic rings. The van der Waals surface area contributed by atoms with E-state index in [4.69, 9.17) is 21.5 Å². The van der Waals surface area contributed by atoms with Gasteiger partial charge in [-0.2, -0.15) is 0 Å². The molecule has 3 nitrogen and oxygen atoms in total. The van der Waals surface area contributed by atoms with Crippen molar-refractivity contribution in [1.82, 2.24) is 0 Å². The van der Waals surface area contributed by atoms with E-state index in [1.807, 2.05) is 24.3 Å². The Hall–Kier alpha value is -1.22. The second-order valence-electron chi connectivity index (χ2n) is 4.32. The Bertz CT molecular complexity index is 383. The first-order valence-electron chi connectivity index (χ1n) is 5.90. The Labute approximate surface area is 106 Å². The molecular formula is C13H16ClNO2. The molecule has 1 N–H and O–H groups in total. The maximum absolute atomic E-state index is 8.47. The molecule has 0 saturated heterocycles. The first-order chi connectivity index (χ1) is 8.28. The van der Waals surface area contributed by atoms with Crippen LogP contribution in [0.5, 0.6) is 5.75 Å². The smallest absolute Gasteiger partial charge is 0.149 e. The Morgan fingerprint density at radius 3 is 2.53 bits per heavy atom. The highest BCUT2D eigenvalue weighted by molar-refractivity contribution is 6.65. The molecule has 0 heterocycles. The second-order valence-corrected chi connectivity index (χ2v) is 4.76. The van der Waals surface area contributed by atoms with Gasteiger partial charge in [-0.25, -0.2) is 0 Å². The van der Waals surface area contributed by atoms with Gasteiger partial charge in [-0.05, 0) is 43.4 Å². The Morgan fingerprint density at radius 1 is 1.29 bits per heavy atom. The summed E-state index contributed by atoms with van der Waals surface area (Å²) in [7, 11) is 0. The molecule has 0 aliphatic heterocycles. The van der Waals surface area contributed by atoms with Crippen LogP contribution in [-0.4, -0.2) is 16.5 Å². The lowest BCUT2D eigenvalue weighted by molar-refractivity contribution is 0.210. The minimum atomic E-state index is 0.189. The molecule has 0 amide bonds. The van der Waals surface area contributed by atoms with Crippen LogP contribution in [0.1, 0.15) is 31.2 Å². The van der Waals surface area contributed by atoms with Crippen molar-refractivity contribution in [3.63, 3.8) is 0 Å². The van der Waals surface area contributed by atoms with Crippen molar-refractivity contribution >= 4 is 16.8 Å². The van der Waals surface area contributed by atoms with Gasteiger partial charge in [0.05, 0.1) is 6.10 Å². The normalized spacial score (nSPS) is 17.4. The SMILES string of the molecule is O/N=C(\Cl)Cc1ccc(OC2CCCC2)cc1. The quantitative estimate of drug-likeness (QED) is 0.506. The van der Waals surface area contributed by atoms with E-state index in [2.05, 4.69) is 5.16 Å². The van der Waals surface area contributed by atoms with E-state index in [-0.39, 0.29) is 5.17 Å². The first-order valence-corrected chi connectivity index (χ1v) is 6.28. The number of nitrogens with zero attached hydrogens (tertiary/aromatic N) is 1. The van der Waals surface area contributed by atoms with Gasteiger partial charge in [-0.1, -0.05) is 28.9 Å². The average Bonchev–Trinajstić information content (AvgIpc) is 2.84. The van der Waals surface area contributed by atoms with Crippen LogP contribution >= 0.6 is 11.6 Å². The van der Waals surface area contributed by atoms with E-state index in [1.54, 1.807) is 0 Å². The summed E-state index contributed by atoms with van der Waals surface area (Å²) in [4.78, 5) is 0. The zero-order valence-electron chi connectivity index (χ0n) is 9.60. The predicted molar refractivity (Wildman–Crippen MR) is 68.1 cm³/mol. The fourth-order valence-electron chi connectivity index (χ4n) is 2.09. The Balaban J connectivity index is 1.92. The summed E-state index contributed by atoms with van der Waals surface area (Å²) in [5.41, 5.74) is 1.01. The number of hydrogen-bond acceptors (Lipinski definition) is 3. The molecule has 2 rings (SSSR count). The molecule has 1 fully saturated rings. The molecule has 1 aliphatic carbocycles. The molecule has 0 unspecified atom stereocenters. The molecule has 0 bridgehead atoms. The fraction of sp³-hybridized carbons (Fsp3) is 0.462. The van der Waals surface area contributed by atoms with Crippen LogP contribution in [0.3, 0.4) is 0 Å². The molecule has 17 heavy (non-hydrogen) atoms. The van der Waals surface area contributed by atoms with Crippen molar-refractivity contribution in [3.8, 4) is 5.75 Å². The minimum absolute atomic E-state index is 0.189. The zero-order chi connectivity index (χ0) is 12.1. The van der Waals surface area contributed by atoms with E-state index in [9.17, 15) is 0 Å². The van der Waals surface area contributed by atoms with Gasteiger partial charge >= 0.3 is 0 Å². The van der Waals surface area contributed by atoms with Gasteiger partial charge in [0, 0.05) is 6.42 Å². The van der Waals surface area contributed by atoms with Gasteiger partial charge in [-0.3, -0.25) is 0 Å². The summed E-state index contributed by atoms with van der Waals surface area (Å²) in [5.74, 6) is 0.901. The van der Waals surface area contributed by atoms with E-state index in [0.717, 1.165) is 24.2 Å². The van der Waals surface area contributed by atoms with Crippen LogP contribution in [0.25, 0.3) is 0 Å². The molecule has 1 saturated carbocycles. The molecule has 0 spiro atoms. The number of oxime groups is 1. The van der Waals surface area contributed by atoms with Crippen molar-refractivity contribution in [2.24, 2.45) is 5.16 Å². The standard InChI is InChI=1S/C13H16ClNO2/c14-13(15-16)9-10-5-7-12(8-6-10)17-11-3-1-2-4-11/h5-8,11,16H,1-4,9H2/b15-13-. The Morgan fingerprint density at radius 2 is 1.94 bits per heavy atom. The third kappa shape index (κ3) is 3.63.